The predicted molar refractivity (Wildman–Crippen MR) is 121 cm³/mol. The van der Waals surface area contributed by atoms with Gasteiger partial charge in [0.25, 0.3) is 0 Å². The van der Waals surface area contributed by atoms with Crippen LogP contribution in [0.5, 0.6) is 0 Å². The molecule has 0 spiro atoms. The van der Waals surface area contributed by atoms with E-state index in [1.165, 1.54) is 17.7 Å². The highest BCUT2D eigenvalue weighted by atomic mass is 31.1. The van der Waals surface area contributed by atoms with E-state index in [2.05, 4.69) is 15.2 Å². The Morgan fingerprint density at radius 1 is 0.882 bits per heavy atom. The van der Waals surface area contributed by atoms with Crippen LogP contribution in [0.1, 0.15) is 42.4 Å². The summed E-state index contributed by atoms with van der Waals surface area (Å²) >= 11 is 0. The zero-order valence-electron chi connectivity index (χ0n) is 18.6. The van der Waals surface area contributed by atoms with Gasteiger partial charge in [-0.25, -0.2) is 0 Å². The largest absolute Gasteiger partial charge is 0.694 e. The second kappa shape index (κ2) is 13.7. The van der Waals surface area contributed by atoms with Crippen LogP contribution in [-0.4, -0.2) is 30.8 Å². The minimum atomic E-state index is -5.72. The van der Waals surface area contributed by atoms with E-state index in [1.54, 1.807) is 0 Å². The van der Waals surface area contributed by atoms with Crippen molar-refractivity contribution in [1.82, 2.24) is 5.32 Å². The summed E-state index contributed by atoms with van der Waals surface area (Å²) in [5.41, 5.74) is 0.114. The van der Waals surface area contributed by atoms with E-state index < -0.39 is 25.9 Å². The lowest BCUT2D eigenvalue weighted by Crippen LogP contribution is -2.34. The van der Waals surface area contributed by atoms with Gasteiger partial charge in [-0.15, -0.1) is 9.42 Å². The van der Waals surface area contributed by atoms with Crippen molar-refractivity contribution in [3.05, 3.63) is 65.2 Å². The fourth-order valence-corrected chi connectivity index (χ4v) is 3.62. The fourth-order valence-electron chi connectivity index (χ4n) is 3.34. The van der Waals surface area contributed by atoms with E-state index in [0.717, 1.165) is 25.3 Å². The number of benzene rings is 2. The van der Waals surface area contributed by atoms with Crippen molar-refractivity contribution in [2.24, 2.45) is 0 Å². The first kappa shape index (κ1) is 28.1. The van der Waals surface area contributed by atoms with Gasteiger partial charge in [-0.05, 0) is 55.5 Å². The van der Waals surface area contributed by atoms with Crippen molar-refractivity contribution < 1.29 is 35.9 Å². The van der Waals surface area contributed by atoms with Crippen molar-refractivity contribution in [1.29, 1.82) is 0 Å². The minimum Gasteiger partial charge on any atom is -0.385 e. The number of anilines is 1. The quantitative estimate of drug-likeness (QED) is 0.150. The Hall–Kier alpha value is -2.13. The lowest BCUT2D eigenvalue weighted by Gasteiger charge is -2.24. The number of hydrogen-bond donors (Lipinski definition) is 3. The van der Waals surface area contributed by atoms with Gasteiger partial charge >= 0.3 is 20.4 Å². The first-order chi connectivity index (χ1) is 16.1. The maximum absolute atomic E-state index is 14.2. The molecule has 0 aliphatic heterocycles. The van der Waals surface area contributed by atoms with Crippen LogP contribution in [0, 0.1) is 0 Å². The Bertz CT molecular complexity index is 898. The van der Waals surface area contributed by atoms with Gasteiger partial charge in [0.1, 0.15) is 6.61 Å². The summed E-state index contributed by atoms with van der Waals surface area (Å²) in [4.78, 5) is 8.53. The van der Waals surface area contributed by atoms with Crippen molar-refractivity contribution >= 4 is 13.9 Å². The van der Waals surface area contributed by atoms with Crippen molar-refractivity contribution in [3.8, 4) is 0 Å². The zero-order chi connectivity index (χ0) is 25.0. The summed E-state index contributed by atoms with van der Waals surface area (Å²) < 4.78 is 82.6. The molecule has 0 aliphatic carbocycles. The molecule has 3 N–H and O–H groups in total. The molecule has 0 heterocycles. The molecule has 0 saturated heterocycles. The van der Waals surface area contributed by atoms with Crippen LogP contribution < -0.4 is 10.6 Å². The van der Waals surface area contributed by atoms with E-state index in [4.69, 9.17) is 4.89 Å². The van der Waals surface area contributed by atoms with Crippen LogP contribution >= 0.6 is 8.25 Å². The second-order valence-corrected chi connectivity index (χ2v) is 8.51. The molecule has 2 aromatic rings. The third-order valence-corrected chi connectivity index (χ3v) is 5.51. The van der Waals surface area contributed by atoms with Gasteiger partial charge in [0.15, 0.2) is 0 Å². The molecule has 0 aliphatic rings. The summed E-state index contributed by atoms with van der Waals surface area (Å²) in [6, 6.07) is 13.5. The fraction of sp³-hybridized carbons (Fsp3) is 0.478. The molecule has 188 valence electrons. The molecule has 0 amide bonds. The Morgan fingerprint density at radius 2 is 1.62 bits per heavy atom. The number of unbranched alkanes of at least 4 members (excludes halogenated alkanes) is 2. The molecule has 2 rings (SSSR count). The summed E-state index contributed by atoms with van der Waals surface area (Å²) in [5, 5.41) is 5.63. The van der Waals surface area contributed by atoms with Crippen LogP contribution in [0.25, 0.3) is 0 Å². The number of hydrogen-bond acceptors (Lipinski definition) is 4. The molecule has 1 atom stereocenters. The van der Waals surface area contributed by atoms with Crippen LogP contribution in [0.15, 0.2) is 48.5 Å². The SMILES string of the molecule is O=[P+](O)OCCCNCc1ccc(NCCCCCc2ccccc2)c(C(F)(F)C(F)(F)F)c1. The molecule has 34 heavy (non-hydrogen) atoms. The lowest BCUT2D eigenvalue weighted by atomic mass is 10.0. The van der Waals surface area contributed by atoms with Crippen molar-refractivity contribution in [2.75, 3.05) is 25.0 Å². The Kier molecular flexibility index (Phi) is 11.3. The molecule has 0 fully saturated rings. The summed E-state index contributed by atoms with van der Waals surface area (Å²) in [7, 11) is -2.69. The van der Waals surface area contributed by atoms with E-state index in [9.17, 15) is 26.5 Å². The maximum Gasteiger partial charge on any atom is 0.694 e. The third-order valence-electron chi connectivity index (χ3n) is 5.11. The summed E-state index contributed by atoms with van der Waals surface area (Å²) in [5.74, 6) is -5.00. The first-order valence-electron chi connectivity index (χ1n) is 11.0. The highest BCUT2D eigenvalue weighted by Crippen LogP contribution is 2.46. The van der Waals surface area contributed by atoms with Gasteiger partial charge in [-0.1, -0.05) is 42.8 Å². The minimum absolute atomic E-state index is 0.0182. The highest BCUT2D eigenvalue weighted by molar-refractivity contribution is 7.32. The van der Waals surface area contributed by atoms with Crippen LogP contribution in [0.3, 0.4) is 0 Å². The van der Waals surface area contributed by atoms with E-state index in [0.29, 0.717) is 19.4 Å². The monoisotopic (exact) mass is 507 g/mol. The number of nitrogens with one attached hydrogen (secondary N) is 2. The topological polar surface area (TPSA) is 70.6 Å². The predicted octanol–water partition coefficient (Wildman–Crippen LogP) is 6.31. The number of aryl methyl sites for hydroxylation is 1. The number of rotatable bonds is 15. The molecule has 0 bridgehead atoms. The molecule has 1 unspecified atom stereocenters. The average molecular weight is 507 g/mol. The smallest absolute Gasteiger partial charge is 0.385 e. The second-order valence-electron chi connectivity index (χ2n) is 7.78. The first-order valence-corrected chi connectivity index (χ1v) is 12.1. The Morgan fingerprint density at radius 3 is 2.29 bits per heavy atom. The van der Waals surface area contributed by atoms with E-state index in [-0.39, 0.29) is 30.9 Å². The Labute approximate surface area is 196 Å². The van der Waals surface area contributed by atoms with Gasteiger partial charge in [-0.2, -0.15) is 22.0 Å². The molecule has 0 radical (unpaired) electrons. The number of halogens is 5. The van der Waals surface area contributed by atoms with Gasteiger partial charge in [-0.3, -0.25) is 0 Å². The highest BCUT2D eigenvalue weighted by Gasteiger charge is 2.59. The van der Waals surface area contributed by atoms with Crippen LogP contribution in [-0.2, 0) is 28.0 Å². The van der Waals surface area contributed by atoms with Crippen LogP contribution in [0.4, 0.5) is 27.6 Å². The lowest BCUT2D eigenvalue weighted by molar-refractivity contribution is -0.289. The normalized spacial score (nSPS) is 12.6. The molecular formula is C23H29F5N2O3P+. The standard InChI is InChI=1S/C23H28F5N2O3P/c24-22(25,23(26,27)28)20-16-19(17-29-13-7-15-33-34(31)32)11-12-21(20)30-14-6-2-5-10-18-8-3-1-4-9-18/h1,3-4,8-9,11-12,16,29-30H,2,5-7,10,13-15,17H2/p+1. The van der Waals surface area contributed by atoms with Gasteiger partial charge in [0.2, 0.25) is 0 Å². The Balaban J connectivity index is 1.92. The van der Waals surface area contributed by atoms with E-state index >= 15 is 0 Å². The van der Waals surface area contributed by atoms with Crippen LogP contribution in [0.2, 0.25) is 0 Å². The molecule has 0 aromatic heterocycles. The van der Waals surface area contributed by atoms with Gasteiger partial charge < -0.3 is 10.6 Å². The van der Waals surface area contributed by atoms with Crippen molar-refractivity contribution in [2.45, 2.75) is 50.7 Å². The summed E-state index contributed by atoms with van der Waals surface area (Å²) in [6.07, 6.45) is -2.13. The number of alkyl halides is 5. The molecule has 2 aromatic carbocycles. The maximum atomic E-state index is 14.2. The molecular weight excluding hydrogens is 478 g/mol. The molecule has 5 nitrogen and oxygen atoms in total. The third kappa shape index (κ3) is 9.25. The molecule has 0 saturated carbocycles. The van der Waals surface area contributed by atoms with E-state index in [1.807, 2.05) is 30.3 Å². The zero-order valence-corrected chi connectivity index (χ0v) is 19.5. The van der Waals surface area contributed by atoms with Crippen molar-refractivity contribution in [3.63, 3.8) is 0 Å². The molecule has 11 heteroatoms. The van der Waals surface area contributed by atoms with Gasteiger partial charge in [0, 0.05) is 23.3 Å². The summed E-state index contributed by atoms with van der Waals surface area (Å²) in [6.45, 7) is 0.688. The average Bonchev–Trinajstić information content (AvgIpc) is 2.78. The van der Waals surface area contributed by atoms with Gasteiger partial charge in [0.05, 0.1) is 5.56 Å².